The average Bonchev–Trinajstić information content (AvgIpc) is 2.61. The van der Waals surface area contributed by atoms with Gasteiger partial charge in [-0.05, 0) is 51.0 Å². The summed E-state index contributed by atoms with van der Waals surface area (Å²) in [6, 6.07) is 7.51. The van der Waals surface area contributed by atoms with Crippen LogP contribution in [0.2, 0.25) is 0 Å². The fourth-order valence-corrected chi connectivity index (χ4v) is 4.27. The van der Waals surface area contributed by atoms with Crippen molar-refractivity contribution in [3.05, 3.63) is 41.9 Å². The van der Waals surface area contributed by atoms with Crippen molar-refractivity contribution < 1.29 is 13.2 Å². The number of anilines is 2. The van der Waals surface area contributed by atoms with Crippen molar-refractivity contribution >= 4 is 27.6 Å². The van der Waals surface area contributed by atoms with Crippen molar-refractivity contribution in [2.45, 2.75) is 56.9 Å². The summed E-state index contributed by atoms with van der Waals surface area (Å²) >= 11 is 0. The molecule has 0 unspecified atom stereocenters. The SMILES string of the molecule is Cc1cc(NS(=O)(=O)c2ccc(NC(=O)NC3CCCCC3)cc2)nc(C)n1. The van der Waals surface area contributed by atoms with Gasteiger partial charge in [-0.25, -0.2) is 23.2 Å². The Morgan fingerprint density at radius 1 is 1.04 bits per heavy atom. The fraction of sp³-hybridized carbons (Fsp3) is 0.421. The Hall–Kier alpha value is -2.68. The lowest BCUT2D eigenvalue weighted by Gasteiger charge is -2.22. The predicted molar refractivity (Wildman–Crippen MR) is 108 cm³/mol. The molecule has 0 atom stereocenters. The Morgan fingerprint density at radius 3 is 2.36 bits per heavy atom. The monoisotopic (exact) mass is 403 g/mol. The van der Waals surface area contributed by atoms with E-state index in [2.05, 4.69) is 25.3 Å². The van der Waals surface area contributed by atoms with Crippen LogP contribution in [0.4, 0.5) is 16.3 Å². The molecule has 0 radical (unpaired) electrons. The summed E-state index contributed by atoms with van der Waals surface area (Å²) in [6.45, 7) is 3.47. The van der Waals surface area contributed by atoms with Gasteiger partial charge in [0.15, 0.2) is 0 Å². The molecule has 1 saturated carbocycles. The van der Waals surface area contributed by atoms with E-state index in [1.807, 2.05) is 0 Å². The number of aromatic nitrogens is 2. The maximum Gasteiger partial charge on any atom is 0.319 e. The number of carbonyl (C=O) groups is 1. The number of hydrogen-bond donors (Lipinski definition) is 3. The number of urea groups is 1. The molecule has 0 aliphatic heterocycles. The Balaban J connectivity index is 1.63. The zero-order valence-electron chi connectivity index (χ0n) is 16.0. The van der Waals surface area contributed by atoms with E-state index in [1.165, 1.54) is 18.6 Å². The van der Waals surface area contributed by atoms with Crippen molar-refractivity contribution in [2.75, 3.05) is 10.0 Å². The average molecular weight is 404 g/mol. The van der Waals surface area contributed by atoms with Crippen molar-refractivity contribution in [2.24, 2.45) is 0 Å². The highest BCUT2D eigenvalue weighted by molar-refractivity contribution is 7.92. The molecule has 0 spiro atoms. The first-order chi connectivity index (χ1) is 13.3. The molecule has 9 heteroatoms. The number of carbonyl (C=O) groups excluding carboxylic acids is 1. The zero-order chi connectivity index (χ0) is 20.1. The van der Waals surface area contributed by atoms with Crippen molar-refractivity contribution in [1.29, 1.82) is 0 Å². The van der Waals surface area contributed by atoms with Crippen LogP contribution in [-0.2, 0) is 10.0 Å². The van der Waals surface area contributed by atoms with E-state index in [0.717, 1.165) is 25.7 Å². The molecular formula is C19H25N5O3S. The minimum atomic E-state index is -3.78. The standard InChI is InChI=1S/C19H25N5O3S/c1-13-12-18(21-14(2)20-13)24-28(26,27)17-10-8-16(9-11-17)23-19(25)22-15-6-4-3-5-7-15/h8-12,15H,3-7H2,1-2H3,(H,20,21,24)(H2,22,23,25). The molecule has 0 bridgehead atoms. The Bertz CT molecular complexity index is 918. The van der Waals surface area contributed by atoms with E-state index in [1.54, 1.807) is 32.0 Å². The quantitative estimate of drug-likeness (QED) is 0.708. The van der Waals surface area contributed by atoms with Crippen molar-refractivity contribution in [1.82, 2.24) is 15.3 Å². The van der Waals surface area contributed by atoms with Crippen molar-refractivity contribution in [3.63, 3.8) is 0 Å². The van der Waals surface area contributed by atoms with E-state index >= 15 is 0 Å². The third kappa shape index (κ3) is 5.41. The zero-order valence-corrected chi connectivity index (χ0v) is 16.8. The van der Waals surface area contributed by atoms with Gasteiger partial charge >= 0.3 is 6.03 Å². The number of hydrogen-bond acceptors (Lipinski definition) is 5. The molecule has 1 aromatic carbocycles. The van der Waals surface area contributed by atoms with E-state index in [4.69, 9.17) is 0 Å². The molecule has 3 rings (SSSR count). The lowest BCUT2D eigenvalue weighted by Crippen LogP contribution is -2.39. The van der Waals surface area contributed by atoms with Crippen molar-refractivity contribution in [3.8, 4) is 0 Å². The summed E-state index contributed by atoms with van der Waals surface area (Å²) in [6.07, 6.45) is 5.49. The molecule has 3 N–H and O–H groups in total. The molecule has 1 aliphatic carbocycles. The highest BCUT2D eigenvalue weighted by Crippen LogP contribution is 2.19. The lowest BCUT2D eigenvalue weighted by molar-refractivity contribution is 0.244. The van der Waals surface area contributed by atoms with Crippen LogP contribution in [0.1, 0.15) is 43.6 Å². The van der Waals surface area contributed by atoms with Crippen LogP contribution in [0, 0.1) is 13.8 Å². The summed E-state index contributed by atoms with van der Waals surface area (Å²) < 4.78 is 27.6. The van der Waals surface area contributed by atoms with Gasteiger partial charge in [0.25, 0.3) is 10.0 Å². The van der Waals surface area contributed by atoms with Gasteiger partial charge in [-0.15, -0.1) is 0 Å². The largest absolute Gasteiger partial charge is 0.335 e. The maximum atomic E-state index is 12.5. The maximum absolute atomic E-state index is 12.5. The summed E-state index contributed by atoms with van der Waals surface area (Å²) in [5, 5.41) is 5.71. The van der Waals surface area contributed by atoms with E-state index < -0.39 is 10.0 Å². The van der Waals surface area contributed by atoms with Gasteiger partial charge in [0.2, 0.25) is 0 Å². The summed E-state index contributed by atoms with van der Waals surface area (Å²) in [4.78, 5) is 20.4. The van der Waals surface area contributed by atoms with Gasteiger partial charge in [-0.2, -0.15) is 0 Å². The van der Waals surface area contributed by atoms with Gasteiger partial charge < -0.3 is 10.6 Å². The summed E-state index contributed by atoms with van der Waals surface area (Å²) in [5.41, 5.74) is 1.20. The van der Waals surface area contributed by atoms with Crippen LogP contribution in [-0.4, -0.2) is 30.5 Å². The number of sulfonamides is 1. The number of benzene rings is 1. The highest BCUT2D eigenvalue weighted by Gasteiger charge is 2.17. The van der Waals surface area contributed by atoms with Gasteiger partial charge in [0.05, 0.1) is 4.90 Å². The Kier molecular flexibility index (Phi) is 6.13. The number of amides is 2. The molecule has 1 fully saturated rings. The predicted octanol–water partition coefficient (Wildman–Crippen LogP) is 3.35. The molecular weight excluding hydrogens is 378 g/mol. The normalized spacial score (nSPS) is 15.1. The molecule has 1 aliphatic rings. The van der Waals surface area contributed by atoms with Crippen LogP contribution in [0.15, 0.2) is 35.2 Å². The highest BCUT2D eigenvalue weighted by atomic mass is 32.2. The molecule has 2 amide bonds. The number of rotatable bonds is 5. The van der Waals surface area contributed by atoms with E-state index in [9.17, 15) is 13.2 Å². The van der Waals surface area contributed by atoms with Crippen LogP contribution in [0.3, 0.4) is 0 Å². The second-order valence-electron chi connectivity index (χ2n) is 7.01. The Morgan fingerprint density at radius 2 is 1.71 bits per heavy atom. The number of nitrogens with zero attached hydrogens (tertiary/aromatic N) is 2. The summed E-state index contributed by atoms with van der Waals surface area (Å²) in [7, 11) is -3.78. The third-order valence-corrected chi connectivity index (χ3v) is 5.94. The number of aryl methyl sites for hydroxylation is 2. The van der Waals surface area contributed by atoms with Crippen LogP contribution >= 0.6 is 0 Å². The first-order valence-electron chi connectivity index (χ1n) is 9.34. The first kappa shape index (κ1) is 20.1. The topological polar surface area (TPSA) is 113 Å². The second kappa shape index (κ2) is 8.55. The van der Waals surface area contributed by atoms with Crippen LogP contribution in [0.25, 0.3) is 0 Å². The van der Waals surface area contributed by atoms with Gasteiger partial charge in [0, 0.05) is 23.5 Å². The number of nitrogens with one attached hydrogen (secondary N) is 3. The van der Waals surface area contributed by atoms with E-state index in [0.29, 0.717) is 17.2 Å². The molecule has 0 saturated heterocycles. The fourth-order valence-electron chi connectivity index (χ4n) is 3.28. The molecule has 8 nitrogen and oxygen atoms in total. The molecule has 28 heavy (non-hydrogen) atoms. The van der Waals surface area contributed by atoms with Gasteiger partial charge in [0.1, 0.15) is 11.6 Å². The van der Waals surface area contributed by atoms with Gasteiger partial charge in [-0.1, -0.05) is 19.3 Å². The Labute approximate surface area is 165 Å². The minimum Gasteiger partial charge on any atom is -0.335 e. The second-order valence-corrected chi connectivity index (χ2v) is 8.69. The summed E-state index contributed by atoms with van der Waals surface area (Å²) in [5.74, 6) is 0.709. The molecule has 1 aromatic heterocycles. The molecule has 1 heterocycles. The molecule has 2 aromatic rings. The van der Waals surface area contributed by atoms with E-state index in [-0.39, 0.29) is 22.8 Å². The lowest BCUT2D eigenvalue weighted by atomic mass is 9.96. The van der Waals surface area contributed by atoms with Crippen LogP contribution in [0.5, 0.6) is 0 Å². The third-order valence-electron chi connectivity index (χ3n) is 4.57. The smallest absolute Gasteiger partial charge is 0.319 e. The van der Waals surface area contributed by atoms with Gasteiger partial charge in [-0.3, -0.25) is 4.72 Å². The van der Waals surface area contributed by atoms with Crippen LogP contribution < -0.4 is 15.4 Å². The minimum absolute atomic E-state index is 0.0830. The molecule has 150 valence electrons. The first-order valence-corrected chi connectivity index (χ1v) is 10.8.